The molecule has 1 saturated heterocycles. The molecule has 1 N–H and O–H groups in total. The molecule has 3 heterocycles. The van der Waals surface area contributed by atoms with Crippen molar-refractivity contribution in [2.45, 2.75) is 38.3 Å². The fourth-order valence-corrected chi connectivity index (χ4v) is 5.33. The van der Waals surface area contributed by atoms with Gasteiger partial charge in [-0.2, -0.15) is 0 Å². The van der Waals surface area contributed by atoms with Crippen LogP contribution in [0.2, 0.25) is 0 Å². The van der Waals surface area contributed by atoms with E-state index in [1.54, 1.807) is 19.1 Å². The third-order valence-corrected chi connectivity index (χ3v) is 6.90. The van der Waals surface area contributed by atoms with Crippen LogP contribution in [0.4, 0.5) is 0 Å². The van der Waals surface area contributed by atoms with Gasteiger partial charge in [0.05, 0.1) is 13.7 Å². The number of carbonyl (C=O) groups is 1. The Hall–Kier alpha value is -3.13. The highest BCUT2D eigenvalue weighted by atomic mass is 16.7. The standard InChI is InChI=1S/C25H29NO7/c1-4-30-24(28)23-22(15-7-8-18(29-3)17(27)11-15)16-12-20-21(32-14-31-20)13-19(16)33-25(23,2)26-9-5-6-10-26/h7-8,11-13,22-23,27H,4-6,9-10,14H2,1-3H3. The molecular formula is C25H29NO7. The van der Waals surface area contributed by atoms with Gasteiger partial charge in [0.25, 0.3) is 0 Å². The number of hydrogen-bond donors (Lipinski definition) is 1. The first-order valence-electron chi connectivity index (χ1n) is 11.4. The lowest BCUT2D eigenvalue weighted by molar-refractivity contribution is -0.174. The Morgan fingerprint density at radius 2 is 1.88 bits per heavy atom. The van der Waals surface area contributed by atoms with Crippen LogP contribution in [0.15, 0.2) is 30.3 Å². The minimum atomic E-state index is -0.941. The van der Waals surface area contributed by atoms with Gasteiger partial charge >= 0.3 is 5.97 Å². The Balaban J connectivity index is 1.72. The summed E-state index contributed by atoms with van der Waals surface area (Å²) in [6.45, 7) is 5.81. The third kappa shape index (κ3) is 3.53. The summed E-state index contributed by atoms with van der Waals surface area (Å²) in [6, 6.07) is 8.95. The summed E-state index contributed by atoms with van der Waals surface area (Å²) in [7, 11) is 1.50. The van der Waals surface area contributed by atoms with Crippen molar-refractivity contribution in [1.29, 1.82) is 0 Å². The third-order valence-electron chi connectivity index (χ3n) is 6.90. The fraction of sp³-hybridized carbons (Fsp3) is 0.480. The highest BCUT2D eigenvalue weighted by Crippen LogP contribution is 2.54. The molecule has 2 aromatic carbocycles. The van der Waals surface area contributed by atoms with E-state index in [0.29, 0.717) is 23.0 Å². The molecule has 0 aliphatic carbocycles. The van der Waals surface area contributed by atoms with Gasteiger partial charge < -0.3 is 28.8 Å². The number of rotatable bonds is 5. The highest BCUT2D eigenvalue weighted by Gasteiger charge is 2.56. The molecule has 0 radical (unpaired) electrons. The minimum Gasteiger partial charge on any atom is -0.504 e. The van der Waals surface area contributed by atoms with E-state index < -0.39 is 17.6 Å². The van der Waals surface area contributed by atoms with E-state index in [1.165, 1.54) is 7.11 Å². The van der Waals surface area contributed by atoms with Crippen LogP contribution in [0.5, 0.6) is 28.7 Å². The van der Waals surface area contributed by atoms with Gasteiger partial charge in [0, 0.05) is 30.6 Å². The molecule has 8 nitrogen and oxygen atoms in total. The molecule has 3 aliphatic rings. The van der Waals surface area contributed by atoms with E-state index in [-0.39, 0.29) is 25.1 Å². The average Bonchev–Trinajstić information content (AvgIpc) is 3.49. The highest BCUT2D eigenvalue weighted by molar-refractivity contribution is 5.78. The second-order valence-electron chi connectivity index (χ2n) is 8.73. The summed E-state index contributed by atoms with van der Waals surface area (Å²) in [5.74, 6) is 0.780. The number of nitrogens with zero attached hydrogens (tertiary/aromatic N) is 1. The summed E-state index contributed by atoms with van der Waals surface area (Å²) in [6.07, 6.45) is 2.08. The first kappa shape index (κ1) is 21.7. The Kier molecular flexibility index (Phi) is 5.48. The first-order valence-corrected chi connectivity index (χ1v) is 11.4. The van der Waals surface area contributed by atoms with Gasteiger partial charge in [-0.25, -0.2) is 0 Å². The smallest absolute Gasteiger partial charge is 0.315 e. The van der Waals surface area contributed by atoms with Gasteiger partial charge in [0.1, 0.15) is 11.7 Å². The molecule has 33 heavy (non-hydrogen) atoms. The van der Waals surface area contributed by atoms with E-state index in [4.69, 9.17) is 23.7 Å². The maximum absolute atomic E-state index is 13.5. The van der Waals surface area contributed by atoms with Gasteiger partial charge in [-0.1, -0.05) is 6.07 Å². The molecule has 3 aliphatic heterocycles. The topological polar surface area (TPSA) is 86.7 Å². The number of esters is 1. The number of benzene rings is 2. The molecular weight excluding hydrogens is 426 g/mol. The molecule has 0 saturated carbocycles. The lowest BCUT2D eigenvalue weighted by Crippen LogP contribution is -2.61. The van der Waals surface area contributed by atoms with Gasteiger partial charge in [-0.15, -0.1) is 0 Å². The molecule has 0 amide bonds. The SMILES string of the molecule is CCOC(=O)C1C(c2ccc(OC)c(O)c2)c2cc3c(cc2OC1(C)N1CCCC1)OCO3. The molecule has 0 aromatic heterocycles. The molecule has 1 fully saturated rings. The summed E-state index contributed by atoms with van der Waals surface area (Å²) < 4.78 is 28.7. The maximum Gasteiger partial charge on any atom is 0.315 e. The Morgan fingerprint density at radius 1 is 1.15 bits per heavy atom. The number of fused-ring (bicyclic) bond motifs is 2. The maximum atomic E-state index is 13.5. The zero-order chi connectivity index (χ0) is 23.2. The fourth-order valence-electron chi connectivity index (χ4n) is 5.33. The molecule has 3 atom stereocenters. The van der Waals surface area contributed by atoms with Crippen LogP contribution in [-0.2, 0) is 9.53 Å². The van der Waals surface area contributed by atoms with Gasteiger partial charge in [0.15, 0.2) is 28.7 Å². The second-order valence-corrected chi connectivity index (χ2v) is 8.73. The van der Waals surface area contributed by atoms with Crippen LogP contribution in [0, 0.1) is 5.92 Å². The van der Waals surface area contributed by atoms with Gasteiger partial charge in [0.2, 0.25) is 6.79 Å². The molecule has 8 heteroatoms. The minimum absolute atomic E-state index is 0.00858. The van der Waals surface area contributed by atoms with Crippen LogP contribution in [-0.4, -0.2) is 55.3 Å². The summed E-state index contributed by atoms with van der Waals surface area (Å²) in [5.41, 5.74) is 0.614. The zero-order valence-electron chi connectivity index (χ0n) is 19.1. The molecule has 2 aromatic rings. The summed E-state index contributed by atoms with van der Waals surface area (Å²) >= 11 is 0. The van der Waals surface area contributed by atoms with Crippen molar-refractivity contribution in [1.82, 2.24) is 4.90 Å². The van der Waals surface area contributed by atoms with Crippen LogP contribution < -0.4 is 18.9 Å². The number of phenols is 1. The van der Waals surface area contributed by atoms with Gasteiger partial charge in [-0.3, -0.25) is 9.69 Å². The van der Waals surface area contributed by atoms with Crippen LogP contribution >= 0.6 is 0 Å². The van der Waals surface area contributed by atoms with Crippen molar-refractivity contribution in [3.63, 3.8) is 0 Å². The monoisotopic (exact) mass is 455 g/mol. The van der Waals surface area contributed by atoms with E-state index >= 15 is 0 Å². The lowest BCUT2D eigenvalue weighted by atomic mass is 9.72. The van der Waals surface area contributed by atoms with E-state index in [2.05, 4.69) is 4.90 Å². The first-order chi connectivity index (χ1) is 16.0. The number of hydrogen-bond acceptors (Lipinski definition) is 8. The van der Waals surface area contributed by atoms with E-state index in [1.807, 2.05) is 25.1 Å². The van der Waals surface area contributed by atoms with Crippen molar-refractivity contribution >= 4 is 5.97 Å². The molecule has 3 unspecified atom stereocenters. The van der Waals surface area contributed by atoms with Crippen molar-refractivity contribution in [3.8, 4) is 28.7 Å². The average molecular weight is 456 g/mol. The van der Waals surface area contributed by atoms with Crippen molar-refractivity contribution in [2.75, 3.05) is 33.6 Å². The quantitative estimate of drug-likeness (QED) is 0.684. The molecule has 176 valence electrons. The second kappa shape index (κ2) is 8.33. The number of methoxy groups -OCH3 is 1. The number of aromatic hydroxyl groups is 1. The molecule has 5 rings (SSSR count). The number of ether oxygens (including phenoxy) is 5. The normalized spacial score (nSPS) is 25.9. The van der Waals surface area contributed by atoms with E-state index in [0.717, 1.165) is 37.1 Å². The number of likely N-dealkylation sites (tertiary alicyclic amines) is 1. The Morgan fingerprint density at radius 3 is 2.55 bits per heavy atom. The van der Waals surface area contributed by atoms with Crippen LogP contribution in [0.25, 0.3) is 0 Å². The van der Waals surface area contributed by atoms with Crippen molar-refractivity contribution < 1.29 is 33.6 Å². The number of phenolic OH excluding ortho intramolecular Hbond substituents is 1. The predicted octanol–water partition coefficient (Wildman–Crippen LogP) is 3.65. The molecule has 0 spiro atoms. The predicted molar refractivity (Wildman–Crippen MR) is 119 cm³/mol. The zero-order valence-corrected chi connectivity index (χ0v) is 19.1. The van der Waals surface area contributed by atoms with Gasteiger partial charge in [-0.05, 0) is 50.5 Å². The van der Waals surface area contributed by atoms with Crippen LogP contribution in [0.3, 0.4) is 0 Å². The van der Waals surface area contributed by atoms with E-state index in [9.17, 15) is 9.90 Å². The largest absolute Gasteiger partial charge is 0.504 e. The van der Waals surface area contributed by atoms with Crippen LogP contribution in [0.1, 0.15) is 43.7 Å². The number of carbonyl (C=O) groups excluding carboxylic acids is 1. The Bertz CT molecular complexity index is 1060. The Labute approximate surface area is 192 Å². The van der Waals surface area contributed by atoms with Crippen molar-refractivity contribution in [2.24, 2.45) is 5.92 Å². The summed E-state index contributed by atoms with van der Waals surface area (Å²) in [5, 5.41) is 10.6. The summed E-state index contributed by atoms with van der Waals surface area (Å²) in [4.78, 5) is 15.8. The molecule has 0 bridgehead atoms. The van der Waals surface area contributed by atoms with Crippen molar-refractivity contribution in [3.05, 3.63) is 41.5 Å². The lowest BCUT2D eigenvalue weighted by Gasteiger charge is -2.49.